The van der Waals surface area contributed by atoms with Gasteiger partial charge in [0.25, 0.3) is 0 Å². The molecule has 7 nitrogen and oxygen atoms in total. The second-order valence-electron chi connectivity index (χ2n) is 7.82. The standard InChI is InChI=1S/C19H27NO6/c1-10-24-9-13-17(25-10)15(22)16(23)18(26-13)20-8-11-6-5-7-12(14(11)21)19(2,3)4/h5-8,10,13,15-18,21-23H,9H2,1-4H3/t10?,13-,15-,16-,17-,18?/m1/s1. The van der Waals surface area contributed by atoms with Gasteiger partial charge in [0.15, 0.2) is 12.5 Å². The molecule has 7 heteroatoms. The van der Waals surface area contributed by atoms with E-state index in [1.165, 1.54) is 6.21 Å². The largest absolute Gasteiger partial charge is 0.507 e. The molecule has 2 unspecified atom stereocenters. The summed E-state index contributed by atoms with van der Waals surface area (Å²) in [7, 11) is 0. The van der Waals surface area contributed by atoms with Crippen LogP contribution < -0.4 is 0 Å². The Balaban J connectivity index is 1.79. The summed E-state index contributed by atoms with van der Waals surface area (Å²) >= 11 is 0. The second-order valence-corrected chi connectivity index (χ2v) is 7.82. The summed E-state index contributed by atoms with van der Waals surface area (Å²) in [4.78, 5) is 4.25. The minimum atomic E-state index is -1.23. The van der Waals surface area contributed by atoms with E-state index < -0.39 is 36.9 Å². The van der Waals surface area contributed by atoms with Crippen molar-refractivity contribution in [2.45, 2.75) is 70.0 Å². The monoisotopic (exact) mass is 365 g/mol. The minimum Gasteiger partial charge on any atom is -0.507 e. The fourth-order valence-electron chi connectivity index (χ4n) is 3.26. The fraction of sp³-hybridized carbons (Fsp3) is 0.632. The number of phenols is 1. The number of aromatic hydroxyl groups is 1. The summed E-state index contributed by atoms with van der Waals surface area (Å²) in [6.45, 7) is 8.02. The van der Waals surface area contributed by atoms with Crippen molar-refractivity contribution in [2.75, 3.05) is 6.61 Å². The van der Waals surface area contributed by atoms with Gasteiger partial charge in [-0.25, -0.2) is 0 Å². The van der Waals surface area contributed by atoms with E-state index in [9.17, 15) is 15.3 Å². The molecule has 2 aliphatic rings. The van der Waals surface area contributed by atoms with Crippen LogP contribution in [0.15, 0.2) is 23.2 Å². The van der Waals surface area contributed by atoms with Crippen molar-refractivity contribution in [1.82, 2.24) is 0 Å². The lowest BCUT2D eigenvalue weighted by Crippen LogP contribution is -2.62. The summed E-state index contributed by atoms with van der Waals surface area (Å²) in [6, 6.07) is 5.44. The van der Waals surface area contributed by atoms with Crippen molar-refractivity contribution in [3.8, 4) is 5.75 Å². The third-order valence-corrected chi connectivity index (χ3v) is 4.74. The number of phenolic OH excluding ortho intramolecular Hbond substituents is 1. The molecule has 26 heavy (non-hydrogen) atoms. The highest BCUT2D eigenvalue weighted by Gasteiger charge is 2.47. The number of fused-ring (bicyclic) bond motifs is 1. The third-order valence-electron chi connectivity index (χ3n) is 4.74. The molecule has 0 aliphatic carbocycles. The summed E-state index contributed by atoms with van der Waals surface area (Å²) in [6.07, 6.45) is -3.50. The number of aliphatic hydroxyl groups is 2. The first-order valence-electron chi connectivity index (χ1n) is 8.83. The molecule has 144 valence electrons. The number of para-hydroxylation sites is 1. The lowest BCUT2D eigenvalue weighted by Gasteiger charge is -2.44. The summed E-state index contributed by atoms with van der Waals surface area (Å²) < 4.78 is 16.6. The molecule has 2 heterocycles. The van der Waals surface area contributed by atoms with E-state index in [2.05, 4.69) is 4.99 Å². The lowest BCUT2D eigenvalue weighted by molar-refractivity contribution is -0.319. The Labute approximate surface area is 153 Å². The van der Waals surface area contributed by atoms with Crippen molar-refractivity contribution in [3.63, 3.8) is 0 Å². The van der Waals surface area contributed by atoms with E-state index in [1.807, 2.05) is 32.9 Å². The van der Waals surface area contributed by atoms with Gasteiger partial charge in [-0.1, -0.05) is 32.9 Å². The molecule has 0 bridgehead atoms. The number of rotatable bonds is 2. The van der Waals surface area contributed by atoms with Gasteiger partial charge in [0.1, 0.15) is 30.2 Å². The molecular formula is C19H27NO6. The fourth-order valence-corrected chi connectivity index (χ4v) is 3.26. The van der Waals surface area contributed by atoms with Crippen LogP contribution in [0.3, 0.4) is 0 Å². The van der Waals surface area contributed by atoms with Gasteiger partial charge in [-0.15, -0.1) is 0 Å². The lowest BCUT2D eigenvalue weighted by atomic mass is 9.85. The van der Waals surface area contributed by atoms with E-state index in [-0.39, 0.29) is 17.8 Å². The van der Waals surface area contributed by atoms with Gasteiger partial charge in [-0.2, -0.15) is 0 Å². The van der Waals surface area contributed by atoms with Gasteiger partial charge in [0.05, 0.1) is 6.61 Å². The first-order valence-corrected chi connectivity index (χ1v) is 8.83. The zero-order valence-corrected chi connectivity index (χ0v) is 15.5. The number of benzene rings is 1. The number of hydrogen-bond donors (Lipinski definition) is 3. The Kier molecular flexibility index (Phi) is 5.37. The molecule has 0 saturated carbocycles. The van der Waals surface area contributed by atoms with Crippen LogP contribution in [-0.4, -0.2) is 65.1 Å². The van der Waals surface area contributed by atoms with Gasteiger partial charge in [-0.3, -0.25) is 4.99 Å². The van der Waals surface area contributed by atoms with E-state index in [1.54, 1.807) is 13.0 Å². The predicted molar refractivity (Wildman–Crippen MR) is 95.4 cm³/mol. The zero-order valence-electron chi connectivity index (χ0n) is 15.5. The van der Waals surface area contributed by atoms with Gasteiger partial charge in [0.2, 0.25) is 0 Å². The molecule has 0 amide bonds. The van der Waals surface area contributed by atoms with Crippen LogP contribution in [0.5, 0.6) is 5.75 Å². The van der Waals surface area contributed by atoms with E-state index in [0.717, 1.165) is 5.56 Å². The Morgan fingerprint density at radius 3 is 2.58 bits per heavy atom. The zero-order chi connectivity index (χ0) is 19.1. The molecule has 6 atom stereocenters. The second kappa shape index (κ2) is 7.25. The molecule has 3 N–H and O–H groups in total. The highest BCUT2D eigenvalue weighted by Crippen LogP contribution is 2.33. The molecule has 2 saturated heterocycles. The van der Waals surface area contributed by atoms with Crippen LogP contribution in [0, 0.1) is 0 Å². The van der Waals surface area contributed by atoms with Crippen LogP contribution in [0.4, 0.5) is 0 Å². The molecule has 1 aromatic carbocycles. The summed E-state index contributed by atoms with van der Waals surface area (Å²) in [5.74, 6) is 0.144. The van der Waals surface area contributed by atoms with Crippen LogP contribution in [0.2, 0.25) is 0 Å². The van der Waals surface area contributed by atoms with Gasteiger partial charge >= 0.3 is 0 Å². The highest BCUT2D eigenvalue weighted by molar-refractivity contribution is 5.84. The number of nitrogens with zero attached hydrogens (tertiary/aromatic N) is 1. The Morgan fingerprint density at radius 2 is 1.88 bits per heavy atom. The van der Waals surface area contributed by atoms with Gasteiger partial charge < -0.3 is 29.5 Å². The predicted octanol–water partition coefficient (Wildman–Crippen LogP) is 1.32. The molecule has 2 aliphatic heterocycles. The minimum absolute atomic E-state index is 0.144. The normalized spacial score (nSPS) is 35.5. The van der Waals surface area contributed by atoms with E-state index >= 15 is 0 Å². The molecule has 0 radical (unpaired) electrons. The van der Waals surface area contributed by atoms with Crippen molar-refractivity contribution in [3.05, 3.63) is 29.3 Å². The molecule has 2 fully saturated rings. The average molecular weight is 365 g/mol. The topological polar surface area (TPSA) is 101 Å². The molecule has 3 rings (SSSR count). The third kappa shape index (κ3) is 3.77. The number of ether oxygens (including phenoxy) is 3. The quantitative estimate of drug-likeness (QED) is 0.684. The smallest absolute Gasteiger partial charge is 0.177 e. The van der Waals surface area contributed by atoms with Crippen LogP contribution in [-0.2, 0) is 19.6 Å². The Morgan fingerprint density at radius 1 is 1.15 bits per heavy atom. The Bertz CT molecular complexity index is 668. The van der Waals surface area contributed by atoms with Crippen molar-refractivity contribution < 1.29 is 29.5 Å². The summed E-state index contributed by atoms with van der Waals surface area (Å²) in [5, 5.41) is 31.2. The molecular weight excluding hydrogens is 338 g/mol. The van der Waals surface area contributed by atoms with E-state index in [0.29, 0.717) is 5.56 Å². The molecule has 0 spiro atoms. The van der Waals surface area contributed by atoms with Crippen molar-refractivity contribution in [1.29, 1.82) is 0 Å². The van der Waals surface area contributed by atoms with Crippen LogP contribution in [0.25, 0.3) is 0 Å². The number of aliphatic hydroxyl groups excluding tert-OH is 2. The first kappa shape index (κ1) is 19.3. The van der Waals surface area contributed by atoms with Crippen LogP contribution >= 0.6 is 0 Å². The van der Waals surface area contributed by atoms with E-state index in [4.69, 9.17) is 14.2 Å². The van der Waals surface area contributed by atoms with Crippen molar-refractivity contribution in [2.24, 2.45) is 4.99 Å². The number of aliphatic imine (C=N–C) groups is 1. The molecule has 1 aromatic rings. The maximum absolute atomic E-state index is 10.5. The first-order chi connectivity index (χ1) is 12.2. The van der Waals surface area contributed by atoms with Gasteiger partial charge in [-0.05, 0) is 24.0 Å². The Hall–Kier alpha value is -1.51. The van der Waals surface area contributed by atoms with Gasteiger partial charge in [0, 0.05) is 11.8 Å². The maximum Gasteiger partial charge on any atom is 0.177 e. The molecule has 0 aromatic heterocycles. The number of hydrogen-bond acceptors (Lipinski definition) is 7. The SMILES string of the molecule is CC1OC[C@H]2OC(N=Cc3cccc(C(C)(C)C)c3O)[C@H](O)[C@@H](O)[C@@H]2O1. The maximum atomic E-state index is 10.5. The highest BCUT2D eigenvalue weighted by atomic mass is 16.7. The van der Waals surface area contributed by atoms with Crippen molar-refractivity contribution >= 4 is 6.21 Å². The summed E-state index contributed by atoms with van der Waals surface area (Å²) in [5.41, 5.74) is 1.11. The van der Waals surface area contributed by atoms with Crippen LogP contribution in [0.1, 0.15) is 38.8 Å². The average Bonchev–Trinajstić information content (AvgIpc) is 2.57.